The normalized spacial score (nSPS) is 10.1. The Kier molecular flexibility index (Phi) is 4.05. The minimum atomic E-state index is -0.976. The predicted octanol–water partition coefficient (Wildman–Crippen LogP) is 3.49. The molecular weight excluding hydrogens is 280 g/mol. The van der Waals surface area contributed by atoms with E-state index in [0.29, 0.717) is 5.56 Å². The summed E-state index contributed by atoms with van der Waals surface area (Å²) in [4.78, 5) is 22.2. The maximum Gasteiger partial charge on any atom is 0.339 e. The summed E-state index contributed by atoms with van der Waals surface area (Å²) in [7, 11) is 1.29. The first kappa shape index (κ1) is 14.1. The number of carbonyl (C=O) groups is 2. The minimum Gasteiger partial charge on any atom is -0.478 e. The molecule has 5 heteroatoms. The quantitative estimate of drug-likeness (QED) is 0.879. The lowest BCUT2D eigenvalue weighted by atomic mass is 10.0. The van der Waals surface area contributed by atoms with E-state index in [1.807, 2.05) is 0 Å². The highest BCUT2D eigenvalue weighted by atomic mass is 35.5. The van der Waals surface area contributed by atoms with E-state index in [4.69, 9.17) is 16.7 Å². The number of ether oxygens (including phenoxy) is 1. The molecule has 0 aliphatic rings. The number of carboxylic acids is 1. The molecule has 102 valence electrons. The van der Waals surface area contributed by atoms with Gasteiger partial charge in [0, 0.05) is 0 Å². The average molecular weight is 291 g/mol. The van der Waals surface area contributed by atoms with Crippen molar-refractivity contribution in [2.24, 2.45) is 0 Å². The molecule has 4 nitrogen and oxygen atoms in total. The first-order valence-electron chi connectivity index (χ1n) is 5.74. The highest BCUT2D eigenvalue weighted by Crippen LogP contribution is 2.26. The Labute approximate surface area is 120 Å². The van der Waals surface area contributed by atoms with Crippen LogP contribution in [0.15, 0.2) is 42.5 Å². The summed E-state index contributed by atoms with van der Waals surface area (Å²) in [5, 5.41) is 9.13. The van der Waals surface area contributed by atoms with Gasteiger partial charge in [0.2, 0.25) is 0 Å². The molecule has 2 aromatic carbocycles. The largest absolute Gasteiger partial charge is 0.478 e. The number of carbonyl (C=O) groups excluding carboxylic acids is 1. The van der Waals surface area contributed by atoms with Gasteiger partial charge in [-0.25, -0.2) is 9.59 Å². The van der Waals surface area contributed by atoms with Crippen LogP contribution in [0, 0.1) is 0 Å². The summed E-state index contributed by atoms with van der Waals surface area (Å²) in [6.45, 7) is 0. The first-order chi connectivity index (χ1) is 9.52. The number of rotatable bonds is 3. The van der Waals surface area contributed by atoms with Crippen LogP contribution in [-0.2, 0) is 4.74 Å². The second-order valence-electron chi connectivity index (χ2n) is 4.07. The van der Waals surface area contributed by atoms with Crippen molar-refractivity contribution < 1.29 is 19.4 Å². The van der Waals surface area contributed by atoms with E-state index in [9.17, 15) is 9.59 Å². The molecule has 2 aromatic rings. The van der Waals surface area contributed by atoms with E-state index in [2.05, 4.69) is 4.74 Å². The van der Waals surface area contributed by atoms with Crippen molar-refractivity contribution in [2.75, 3.05) is 7.11 Å². The number of halogens is 1. The number of carboxylic acid groups (broad SMARTS) is 1. The Bertz CT molecular complexity index is 662. The van der Waals surface area contributed by atoms with Gasteiger partial charge in [0.25, 0.3) is 0 Å². The van der Waals surface area contributed by atoms with Gasteiger partial charge in [-0.15, -0.1) is 0 Å². The second-order valence-corrected chi connectivity index (χ2v) is 4.48. The molecule has 0 saturated carbocycles. The van der Waals surface area contributed by atoms with Crippen LogP contribution in [0.3, 0.4) is 0 Å². The second kappa shape index (κ2) is 5.75. The molecule has 0 radical (unpaired) electrons. The molecule has 0 spiro atoms. The Morgan fingerprint density at radius 3 is 2.15 bits per heavy atom. The van der Waals surface area contributed by atoms with Crippen molar-refractivity contribution >= 4 is 23.5 Å². The average Bonchev–Trinajstić information content (AvgIpc) is 2.46. The van der Waals surface area contributed by atoms with E-state index >= 15 is 0 Å². The van der Waals surface area contributed by atoms with Crippen molar-refractivity contribution in [3.63, 3.8) is 0 Å². The number of benzene rings is 2. The van der Waals surface area contributed by atoms with Crippen LogP contribution in [0.1, 0.15) is 20.7 Å². The molecule has 0 heterocycles. The molecule has 0 amide bonds. The number of esters is 1. The molecule has 0 aliphatic heterocycles. The number of methoxy groups -OCH3 is 1. The van der Waals surface area contributed by atoms with Crippen LogP contribution in [0.25, 0.3) is 11.1 Å². The van der Waals surface area contributed by atoms with E-state index in [1.165, 1.54) is 19.2 Å². The number of hydrogen-bond acceptors (Lipinski definition) is 3. The predicted molar refractivity (Wildman–Crippen MR) is 75.2 cm³/mol. The summed E-state index contributed by atoms with van der Waals surface area (Å²) < 4.78 is 4.62. The van der Waals surface area contributed by atoms with Gasteiger partial charge in [0.15, 0.2) is 0 Å². The van der Waals surface area contributed by atoms with Gasteiger partial charge in [-0.1, -0.05) is 29.8 Å². The van der Waals surface area contributed by atoms with Crippen LogP contribution in [0.2, 0.25) is 5.02 Å². The van der Waals surface area contributed by atoms with Crippen LogP contribution < -0.4 is 0 Å². The third kappa shape index (κ3) is 2.81. The highest BCUT2D eigenvalue weighted by molar-refractivity contribution is 6.33. The molecule has 0 fully saturated rings. The molecule has 20 heavy (non-hydrogen) atoms. The van der Waals surface area contributed by atoms with E-state index in [-0.39, 0.29) is 10.6 Å². The fourth-order valence-electron chi connectivity index (χ4n) is 1.78. The Morgan fingerprint density at radius 2 is 1.65 bits per heavy atom. The molecule has 1 N–H and O–H groups in total. The van der Waals surface area contributed by atoms with Crippen molar-refractivity contribution in [3.05, 3.63) is 58.6 Å². The van der Waals surface area contributed by atoms with Crippen LogP contribution in [-0.4, -0.2) is 24.2 Å². The van der Waals surface area contributed by atoms with Gasteiger partial charge in [0.05, 0.1) is 23.3 Å². The summed E-state index contributed by atoms with van der Waals surface area (Å²) in [5.74, 6) is -1.47. The third-order valence-corrected chi connectivity index (χ3v) is 3.15. The fraction of sp³-hybridized carbons (Fsp3) is 0.0667. The molecule has 0 bridgehead atoms. The van der Waals surface area contributed by atoms with E-state index < -0.39 is 11.9 Å². The van der Waals surface area contributed by atoms with E-state index in [1.54, 1.807) is 30.3 Å². The van der Waals surface area contributed by atoms with Gasteiger partial charge < -0.3 is 9.84 Å². The molecule has 0 saturated heterocycles. The number of aromatic carboxylic acids is 1. The smallest absolute Gasteiger partial charge is 0.339 e. The maximum atomic E-state index is 11.4. The SMILES string of the molecule is COC(=O)c1ccc(-c2ccc(C(=O)O)cc2)cc1Cl. The van der Waals surface area contributed by atoms with Crippen molar-refractivity contribution in [1.29, 1.82) is 0 Å². The van der Waals surface area contributed by atoms with Crippen LogP contribution in [0.5, 0.6) is 0 Å². The molecule has 0 unspecified atom stereocenters. The molecular formula is C15H11ClO4. The third-order valence-electron chi connectivity index (χ3n) is 2.84. The lowest BCUT2D eigenvalue weighted by Gasteiger charge is -2.06. The number of hydrogen-bond donors (Lipinski definition) is 1. The summed E-state index contributed by atoms with van der Waals surface area (Å²) in [6, 6.07) is 11.4. The molecule has 0 atom stereocenters. The Hall–Kier alpha value is -2.33. The monoisotopic (exact) mass is 290 g/mol. The van der Waals surface area contributed by atoms with E-state index in [0.717, 1.165) is 11.1 Å². The zero-order valence-corrected chi connectivity index (χ0v) is 11.3. The molecule has 0 aliphatic carbocycles. The Balaban J connectivity index is 2.36. The standard InChI is InChI=1S/C15H11ClO4/c1-20-15(19)12-7-6-11(8-13(12)16)9-2-4-10(5-3-9)14(17)18/h2-8H,1H3,(H,17,18). The van der Waals surface area contributed by atoms with Crippen LogP contribution >= 0.6 is 11.6 Å². The topological polar surface area (TPSA) is 63.6 Å². The first-order valence-corrected chi connectivity index (χ1v) is 6.12. The summed E-state index contributed by atoms with van der Waals surface area (Å²) in [6.07, 6.45) is 0. The lowest BCUT2D eigenvalue weighted by Crippen LogP contribution is -2.01. The Morgan fingerprint density at radius 1 is 1.05 bits per heavy atom. The zero-order chi connectivity index (χ0) is 14.7. The summed E-state index contributed by atoms with van der Waals surface area (Å²) >= 11 is 6.04. The molecule has 2 rings (SSSR count). The summed E-state index contributed by atoms with van der Waals surface area (Å²) in [5.41, 5.74) is 2.11. The van der Waals surface area contributed by atoms with Gasteiger partial charge in [-0.05, 0) is 35.4 Å². The maximum absolute atomic E-state index is 11.4. The van der Waals surface area contributed by atoms with Crippen LogP contribution in [0.4, 0.5) is 0 Å². The molecule has 0 aromatic heterocycles. The van der Waals surface area contributed by atoms with Crippen molar-refractivity contribution in [2.45, 2.75) is 0 Å². The van der Waals surface area contributed by atoms with Crippen molar-refractivity contribution in [3.8, 4) is 11.1 Å². The van der Waals surface area contributed by atoms with Gasteiger partial charge in [-0.2, -0.15) is 0 Å². The lowest BCUT2D eigenvalue weighted by molar-refractivity contribution is 0.0600. The fourth-order valence-corrected chi connectivity index (χ4v) is 2.03. The van der Waals surface area contributed by atoms with Crippen molar-refractivity contribution in [1.82, 2.24) is 0 Å². The zero-order valence-electron chi connectivity index (χ0n) is 10.6. The van der Waals surface area contributed by atoms with Gasteiger partial charge >= 0.3 is 11.9 Å². The minimum absolute atomic E-state index is 0.214. The van der Waals surface area contributed by atoms with Gasteiger partial charge in [0.1, 0.15) is 0 Å². The van der Waals surface area contributed by atoms with Gasteiger partial charge in [-0.3, -0.25) is 0 Å². The highest BCUT2D eigenvalue weighted by Gasteiger charge is 2.11.